The van der Waals surface area contributed by atoms with Gasteiger partial charge in [0.1, 0.15) is 0 Å². The van der Waals surface area contributed by atoms with Crippen LogP contribution in [0.15, 0.2) is 0 Å². The Hall–Kier alpha value is 0.150. The highest BCUT2D eigenvalue weighted by Crippen LogP contribution is 2.49. The van der Waals surface area contributed by atoms with Crippen molar-refractivity contribution in [3.63, 3.8) is 0 Å². The van der Waals surface area contributed by atoms with Crippen molar-refractivity contribution in [3.8, 4) is 0 Å². The van der Waals surface area contributed by atoms with Crippen molar-refractivity contribution in [1.29, 1.82) is 0 Å². The number of unbranched alkanes of at least 4 members (excludes halogenated alkanes) is 16. The maximum atomic E-state index is 12.9. The molecule has 176 valence electrons. The summed E-state index contributed by atoms with van der Waals surface area (Å²) in [6.45, 7) is 7.78. The summed E-state index contributed by atoms with van der Waals surface area (Å²) in [6, 6.07) is 0. The first-order valence-electron chi connectivity index (χ1n) is 13.1. The number of hydrogen-bond donors (Lipinski definition) is 0. The Labute approximate surface area is 183 Å². The molecule has 0 saturated heterocycles. The molecule has 0 bridgehead atoms. The van der Waals surface area contributed by atoms with Crippen molar-refractivity contribution in [2.75, 3.05) is 19.4 Å². The van der Waals surface area contributed by atoms with Crippen molar-refractivity contribution in [3.05, 3.63) is 0 Å². The molecule has 0 heterocycles. The van der Waals surface area contributed by atoms with E-state index in [0.29, 0.717) is 19.4 Å². The van der Waals surface area contributed by atoms with Gasteiger partial charge in [0.05, 0.1) is 19.4 Å². The van der Waals surface area contributed by atoms with Crippen LogP contribution in [0.5, 0.6) is 0 Å². The average molecular weight is 433 g/mol. The minimum atomic E-state index is -2.87. The van der Waals surface area contributed by atoms with Gasteiger partial charge < -0.3 is 9.05 Å². The molecule has 0 N–H and O–H groups in total. The van der Waals surface area contributed by atoms with Crippen molar-refractivity contribution in [1.82, 2.24) is 0 Å². The van der Waals surface area contributed by atoms with Crippen LogP contribution in [0, 0.1) is 0 Å². The lowest BCUT2D eigenvalue weighted by atomic mass is 10.0. The molecule has 0 spiro atoms. The Balaban J connectivity index is 3.60. The molecule has 0 saturated carbocycles. The van der Waals surface area contributed by atoms with E-state index in [1.807, 2.05) is 0 Å². The molecule has 0 radical (unpaired) electrons. The SMILES string of the molecule is CCCCCCCCCCCCCCCOP(=O)(CCCC)OCCCCCC. The Morgan fingerprint density at radius 1 is 0.448 bits per heavy atom. The van der Waals surface area contributed by atoms with Gasteiger partial charge in [-0.2, -0.15) is 0 Å². The van der Waals surface area contributed by atoms with E-state index in [2.05, 4.69) is 20.8 Å². The first-order valence-corrected chi connectivity index (χ1v) is 14.8. The standard InChI is InChI=1S/C25H53O3P/c1-4-7-10-12-13-14-15-16-17-18-19-20-22-24-28-29(26,25-9-6-3)27-23-21-11-8-5-2/h4-25H2,1-3H3. The van der Waals surface area contributed by atoms with Crippen molar-refractivity contribution < 1.29 is 13.6 Å². The zero-order valence-electron chi connectivity index (χ0n) is 20.2. The molecule has 0 aliphatic heterocycles. The molecule has 4 heteroatoms. The van der Waals surface area contributed by atoms with E-state index in [-0.39, 0.29) is 0 Å². The van der Waals surface area contributed by atoms with Crippen LogP contribution in [0.2, 0.25) is 0 Å². The minimum Gasteiger partial charge on any atom is -0.309 e. The molecule has 0 aromatic carbocycles. The maximum Gasteiger partial charge on any atom is 0.330 e. The van der Waals surface area contributed by atoms with Gasteiger partial charge in [0.25, 0.3) is 0 Å². The van der Waals surface area contributed by atoms with Gasteiger partial charge in [0.2, 0.25) is 0 Å². The van der Waals surface area contributed by atoms with Gasteiger partial charge in [-0.05, 0) is 19.3 Å². The molecule has 0 aromatic heterocycles. The van der Waals surface area contributed by atoms with Crippen LogP contribution in [-0.4, -0.2) is 19.4 Å². The van der Waals surface area contributed by atoms with E-state index < -0.39 is 7.60 Å². The molecule has 0 fully saturated rings. The van der Waals surface area contributed by atoms with Gasteiger partial charge in [0, 0.05) is 0 Å². The predicted molar refractivity (Wildman–Crippen MR) is 129 cm³/mol. The third kappa shape index (κ3) is 21.2. The summed E-state index contributed by atoms with van der Waals surface area (Å²) in [7, 11) is -2.87. The molecule has 3 nitrogen and oxygen atoms in total. The van der Waals surface area contributed by atoms with Crippen LogP contribution in [0.4, 0.5) is 0 Å². The fourth-order valence-corrected chi connectivity index (χ4v) is 5.42. The van der Waals surface area contributed by atoms with Gasteiger partial charge in [-0.25, -0.2) is 0 Å². The fourth-order valence-electron chi connectivity index (χ4n) is 3.57. The van der Waals surface area contributed by atoms with Crippen molar-refractivity contribution >= 4 is 7.60 Å². The molecule has 0 aliphatic carbocycles. The summed E-state index contributed by atoms with van der Waals surface area (Å²) in [6.07, 6.45) is 24.5. The van der Waals surface area contributed by atoms with E-state index in [4.69, 9.17) is 9.05 Å². The molecule has 0 amide bonds. The predicted octanol–water partition coefficient (Wildman–Crippen LogP) is 9.68. The lowest BCUT2D eigenvalue weighted by molar-refractivity contribution is 0.197. The molecule has 29 heavy (non-hydrogen) atoms. The molecular weight excluding hydrogens is 379 g/mol. The first kappa shape index (κ1) is 29.1. The van der Waals surface area contributed by atoms with Crippen LogP contribution in [-0.2, 0) is 13.6 Å². The summed E-state index contributed by atoms with van der Waals surface area (Å²) in [5.41, 5.74) is 0. The second-order valence-electron chi connectivity index (χ2n) is 8.66. The van der Waals surface area contributed by atoms with Gasteiger partial charge >= 0.3 is 7.60 Å². The molecule has 1 unspecified atom stereocenters. The smallest absolute Gasteiger partial charge is 0.309 e. The van der Waals surface area contributed by atoms with Crippen LogP contribution in [0.1, 0.15) is 143 Å². The minimum absolute atomic E-state index is 0.579. The monoisotopic (exact) mass is 432 g/mol. The van der Waals surface area contributed by atoms with Gasteiger partial charge in [-0.1, -0.05) is 124 Å². The Morgan fingerprint density at radius 2 is 0.759 bits per heavy atom. The highest BCUT2D eigenvalue weighted by molar-refractivity contribution is 7.53. The topological polar surface area (TPSA) is 35.5 Å². The van der Waals surface area contributed by atoms with E-state index in [1.165, 1.54) is 89.9 Å². The van der Waals surface area contributed by atoms with E-state index in [0.717, 1.165) is 32.1 Å². The average Bonchev–Trinajstić information content (AvgIpc) is 2.72. The molecular formula is C25H53O3P. The first-order chi connectivity index (χ1) is 14.2. The lowest BCUT2D eigenvalue weighted by Gasteiger charge is -2.18. The zero-order chi connectivity index (χ0) is 21.5. The van der Waals surface area contributed by atoms with Crippen molar-refractivity contribution in [2.45, 2.75) is 143 Å². The second kappa shape index (κ2) is 22.8. The van der Waals surface area contributed by atoms with E-state index in [9.17, 15) is 4.57 Å². The fraction of sp³-hybridized carbons (Fsp3) is 1.00. The largest absolute Gasteiger partial charge is 0.330 e. The van der Waals surface area contributed by atoms with E-state index >= 15 is 0 Å². The molecule has 0 aliphatic rings. The molecule has 0 rings (SSSR count). The summed E-state index contributed by atoms with van der Waals surface area (Å²) < 4.78 is 24.4. The number of hydrogen-bond acceptors (Lipinski definition) is 3. The Kier molecular flexibility index (Phi) is 22.9. The van der Waals surface area contributed by atoms with Crippen LogP contribution in [0.25, 0.3) is 0 Å². The van der Waals surface area contributed by atoms with Gasteiger partial charge in [-0.3, -0.25) is 4.57 Å². The van der Waals surface area contributed by atoms with Gasteiger partial charge in [-0.15, -0.1) is 0 Å². The summed E-state index contributed by atoms with van der Waals surface area (Å²) in [4.78, 5) is 0. The third-order valence-electron chi connectivity index (χ3n) is 5.61. The molecule has 0 aromatic rings. The molecule has 1 atom stereocenters. The zero-order valence-corrected chi connectivity index (χ0v) is 21.1. The highest BCUT2D eigenvalue weighted by atomic mass is 31.2. The summed E-state index contributed by atoms with van der Waals surface area (Å²) >= 11 is 0. The van der Waals surface area contributed by atoms with Crippen LogP contribution >= 0.6 is 7.60 Å². The van der Waals surface area contributed by atoms with E-state index in [1.54, 1.807) is 0 Å². The highest BCUT2D eigenvalue weighted by Gasteiger charge is 2.23. The summed E-state index contributed by atoms with van der Waals surface area (Å²) in [5.74, 6) is 0. The van der Waals surface area contributed by atoms with Crippen LogP contribution < -0.4 is 0 Å². The quantitative estimate of drug-likeness (QED) is 0.112. The van der Waals surface area contributed by atoms with Crippen molar-refractivity contribution in [2.24, 2.45) is 0 Å². The maximum absolute atomic E-state index is 12.9. The lowest BCUT2D eigenvalue weighted by Crippen LogP contribution is -2.03. The van der Waals surface area contributed by atoms with Crippen LogP contribution in [0.3, 0.4) is 0 Å². The summed E-state index contributed by atoms with van der Waals surface area (Å²) in [5, 5.41) is 0. The Bertz CT molecular complexity index is 360. The third-order valence-corrected chi connectivity index (χ3v) is 7.62. The van der Waals surface area contributed by atoms with Gasteiger partial charge in [0.15, 0.2) is 0 Å². The second-order valence-corrected chi connectivity index (χ2v) is 10.8. The Morgan fingerprint density at radius 3 is 1.14 bits per heavy atom. The number of rotatable bonds is 24. The normalized spacial score (nSPS) is 13.6.